The molecule has 0 amide bonds. The van der Waals surface area contributed by atoms with E-state index in [-0.39, 0.29) is 6.10 Å². The molecule has 0 saturated carbocycles. The summed E-state index contributed by atoms with van der Waals surface area (Å²) in [5, 5.41) is 19.4. The van der Waals surface area contributed by atoms with E-state index in [0.29, 0.717) is 4.77 Å². The molecule has 2 rings (SSSR count). The molecule has 1 fully saturated rings. The van der Waals surface area contributed by atoms with Crippen LogP contribution >= 0.6 is 12.2 Å². The van der Waals surface area contributed by atoms with Crippen LogP contribution in [0.25, 0.3) is 0 Å². The zero-order valence-electron chi connectivity index (χ0n) is 8.46. The Morgan fingerprint density at radius 2 is 2.40 bits per heavy atom. The number of aryl methyl sites for hydroxylation is 1. The number of β-amino-alcohol motifs (C(OH)–C–C–N with tert-alkyl or cyclic N) is 1. The maximum atomic E-state index is 9.34. The van der Waals surface area contributed by atoms with Gasteiger partial charge in [-0.2, -0.15) is 5.21 Å². The van der Waals surface area contributed by atoms with Crippen molar-refractivity contribution in [3.63, 3.8) is 0 Å². The molecule has 0 radical (unpaired) electrons. The van der Waals surface area contributed by atoms with Crippen molar-refractivity contribution in [2.24, 2.45) is 0 Å². The lowest BCUT2D eigenvalue weighted by Gasteiger charge is -2.14. The predicted molar refractivity (Wildman–Crippen MR) is 56.9 cm³/mol. The number of nitrogens with zero attached hydrogens (tertiary/aromatic N) is 4. The maximum absolute atomic E-state index is 9.34. The molecule has 2 N–H and O–H groups in total. The molecule has 0 bridgehead atoms. The van der Waals surface area contributed by atoms with Crippen molar-refractivity contribution in [1.29, 1.82) is 0 Å². The number of aliphatic hydroxyl groups is 1. The molecule has 1 aliphatic heterocycles. The summed E-state index contributed by atoms with van der Waals surface area (Å²) in [6.07, 6.45) is 1.75. The molecule has 6 nitrogen and oxygen atoms in total. The average Bonchev–Trinajstić information content (AvgIpc) is 2.77. The standard InChI is InChI=1S/C8H15N5OS/c14-7-2-5-12(6-7)3-1-4-13-8(15)9-10-11-13/h7,14H,1-6H2,(H,9,11,15). The van der Waals surface area contributed by atoms with Gasteiger partial charge in [-0.25, -0.2) is 4.68 Å². The predicted octanol–water partition coefficient (Wildman–Crippen LogP) is -0.208. The number of hydrogen-bond donors (Lipinski definition) is 2. The van der Waals surface area contributed by atoms with E-state index in [1.807, 2.05) is 0 Å². The first-order valence-corrected chi connectivity index (χ1v) is 5.55. The lowest BCUT2D eigenvalue weighted by molar-refractivity contribution is 0.175. The van der Waals surface area contributed by atoms with Crippen LogP contribution in [0.5, 0.6) is 0 Å². The number of tetrazole rings is 1. The summed E-state index contributed by atoms with van der Waals surface area (Å²) in [5.41, 5.74) is 0. The van der Waals surface area contributed by atoms with Crippen LogP contribution < -0.4 is 0 Å². The largest absolute Gasteiger partial charge is 0.392 e. The van der Waals surface area contributed by atoms with Crippen molar-refractivity contribution in [3.05, 3.63) is 4.77 Å². The first kappa shape index (κ1) is 10.7. The van der Waals surface area contributed by atoms with Crippen LogP contribution in [0.3, 0.4) is 0 Å². The lowest BCUT2D eigenvalue weighted by Crippen LogP contribution is -2.24. The Hall–Kier alpha value is -0.790. The Balaban J connectivity index is 1.71. The first-order valence-electron chi connectivity index (χ1n) is 5.14. The third-order valence-electron chi connectivity index (χ3n) is 2.64. The zero-order valence-corrected chi connectivity index (χ0v) is 9.28. The molecule has 2 heterocycles. The molecule has 0 spiro atoms. The van der Waals surface area contributed by atoms with E-state index in [2.05, 4.69) is 20.4 Å². The molecule has 1 atom stereocenters. The van der Waals surface area contributed by atoms with Gasteiger partial charge in [-0.05, 0) is 25.1 Å². The number of rotatable bonds is 4. The highest BCUT2D eigenvalue weighted by Gasteiger charge is 2.19. The highest BCUT2D eigenvalue weighted by Crippen LogP contribution is 2.08. The number of aromatic nitrogens is 4. The zero-order chi connectivity index (χ0) is 10.7. The normalized spacial score (nSPS) is 22.3. The van der Waals surface area contributed by atoms with Crippen molar-refractivity contribution < 1.29 is 5.11 Å². The third kappa shape index (κ3) is 2.83. The van der Waals surface area contributed by atoms with Gasteiger partial charge in [-0.15, -0.1) is 0 Å². The van der Waals surface area contributed by atoms with E-state index in [9.17, 15) is 5.11 Å². The molecule has 15 heavy (non-hydrogen) atoms. The van der Waals surface area contributed by atoms with Crippen molar-refractivity contribution in [1.82, 2.24) is 25.1 Å². The number of nitrogens with one attached hydrogen (secondary N) is 1. The van der Waals surface area contributed by atoms with Gasteiger partial charge in [-0.1, -0.05) is 10.3 Å². The second-order valence-electron chi connectivity index (χ2n) is 3.83. The summed E-state index contributed by atoms with van der Waals surface area (Å²) < 4.78 is 2.25. The Bertz CT molecular complexity index is 362. The monoisotopic (exact) mass is 229 g/mol. The summed E-state index contributed by atoms with van der Waals surface area (Å²) in [6.45, 7) is 3.58. The minimum Gasteiger partial charge on any atom is -0.392 e. The molecule has 1 aromatic rings. The minimum atomic E-state index is -0.138. The molecule has 7 heteroatoms. The smallest absolute Gasteiger partial charge is 0.238 e. The summed E-state index contributed by atoms with van der Waals surface area (Å²) in [5.74, 6) is 0. The third-order valence-corrected chi connectivity index (χ3v) is 2.94. The number of aromatic amines is 1. The van der Waals surface area contributed by atoms with Gasteiger partial charge in [-0.3, -0.25) is 0 Å². The highest BCUT2D eigenvalue weighted by molar-refractivity contribution is 7.71. The molecule has 84 valence electrons. The lowest BCUT2D eigenvalue weighted by atomic mass is 10.3. The van der Waals surface area contributed by atoms with Gasteiger partial charge in [0.05, 0.1) is 6.10 Å². The second kappa shape index (κ2) is 4.82. The molecule has 1 unspecified atom stereocenters. The molecule has 1 saturated heterocycles. The molecule has 1 aromatic heterocycles. The van der Waals surface area contributed by atoms with Crippen LogP contribution in [0.15, 0.2) is 0 Å². The van der Waals surface area contributed by atoms with E-state index in [1.54, 1.807) is 4.68 Å². The average molecular weight is 229 g/mol. The van der Waals surface area contributed by atoms with E-state index in [1.165, 1.54) is 0 Å². The summed E-state index contributed by atoms with van der Waals surface area (Å²) in [6, 6.07) is 0. The van der Waals surface area contributed by atoms with E-state index >= 15 is 0 Å². The summed E-state index contributed by atoms with van der Waals surface area (Å²) >= 11 is 4.96. The van der Waals surface area contributed by atoms with E-state index in [0.717, 1.165) is 39.0 Å². The Kier molecular flexibility index (Phi) is 3.45. The van der Waals surface area contributed by atoms with Gasteiger partial charge in [0.2, 0.25) is 4.77 Å². The van der Waals surface area contributed by atoms with Crippen molar-refractivity contribution >= 4 is 12.2 Å². The Labute approximate surface area is 92.9 Å². The number of H-pyrrole nitrogens is 1. The molecule has 0 aromatic carbocycles. The molecular formula is C8H15N5OS. The van der Waals surface area contributed by atoms with Crippen LogP contribution in [0.4, 0.5) is 0 Å². The van der Waals surface area contributed by atoms with E-state index < -0.39 is 0 Å². The van der Waals surface area contributed by atoms with Gasteiger partial charge in [0.1, 0.15) is 0 Å². The summed E-state index contributed by atoms with van der Waals surface area (Å²) in [4.78, 5) is 2.26. The second-order valence-corrected chi connectivity index (χ2v) is 4.20. The Morgan fingerprint density at radius 3 is 3.00 bits per heavy atom. The van der Waals surface area contributed by atoms with Gasteiger partial charge in [0.25, 0.3) is 0 Å². The molecule has 1 aliphatic rings. The fourth-order valence-electron chi connectivity index (χ4n) is 1.83. The van der Waals surface area contributed by atoms with Crippen molar-refractivity contribution in [2.75, 3.05) is 19.6 Å². The minimum absolute atomic E-state index is 0.138. The van der Waals surface area contributed by atoms with Crippen LogP contribution in [0.2, 0.25) is 0 Å². The number of likely N-dealkylation sites (tertiary alicyclic amines) is 1. The van der Waals surface area contributed by atoms with Crippen LogP contribution in [0.1, 0.15) is 12.8 Å². The fourth-order valence-corrected chi connectivity index (χ4v) is 2.00. The first-order chi connectivity index (χ1) is 7.25. The topological polar surface area (TPSA) is 70.0 Å². The van der Waals surface area contributed by atoms with Gasteiger partial charge in [0, 0.05) is 26.2 Å². The highest BCUT2D eigenvalue weighted by atomic mass is 32.1. The Morgan fingerprint density at radius 1 is 1.53 bits per heavy atom. The number of aliphatic hydroxyl groups excluding tert-OH is 1. The summed E-state index contributed by atoms with van der Waals surface area (Å²) in [7, 11) is 0. The van der Waals surface area contributed by atoms with Crippen LogP contribution in [0, 0.1) is 4.77 Å². The quantitative estimate of drug-likeness (QED) is 0.699. The number of hydrogen-bond acceptors (Lipinski definition) is 5. The van der Waals surface area contributed by atoms with Gasteiger partial charge < -0.3 is 10.0 Å². The van der Waals surface area contributed by atoms with Crippen molar-refractivity contribution in [3.8, 4) is 0 Å². The SMILES string of the molecule is OC1CCN(CCCn2[nH]nnc2=S)C1. The van der Waals surface area contributed by atoms with Gasteiger partial charge >= 0.3 is 0 Å². The molecule has 0 aliphatic carbocycles. The van der Waals surface area contributed by atoms with Crippen molar-refractivity contribution in [2.45, 2.75) is 25.5 Å². The van der Waals surface area contributed by atoms with Crippen LogP contribution in [-0.4, -0.2) is 56.0 Å². The van der Waals surface area contributed by atoms with Crippen LogP contribution in [-0.2, 0) is 6.54 Å². The molecular weight excluding hydrogens is 214 g/mol. The maximum Gasteiger partial charge on any atom is 0.238 e. The van der Waals surface area contributed by atoms with Gasteiger partial charge in [0.15, 0.2) is 0 Å². The fraction of sp³-hybridized carbons (Fsp3) is 0.875. The van der Waals surface area contributed by atoms with E-state index in [4.69, 9.17) is 12.2 Å².